The van der Waals surface area contributed by atoms with E-state index < -0.39 is 0 Å². The quantitative estimate of drug-likeness (QED) is 0.894. The summed E-state index contributed by atoms with van der Waals surface area (Å²) in [6.07, 6.45) is 5.88. The fraction of sp³-hybridized carbons (Fsp3) is 0.867. The van der Waals surface area contributed by atoms with Crippen LogP contribution in [0.5, 0.6) is 0 Å². The summed E-state index contributed by atoms with van der Waals surface area (Å²) >= 11 is 0. The number of fused-ring (bicyclic) bond motifs is 2. The van der Waals surface area contributed by atoms with Crippen molar-refractivity contribution in [2.75, 3.05) is 26.7 Å². The SMILES string of the molecule is CN1C2CCC1CC(c1noc(CC3CNCCO3)n1)C2. The molecule has 4 rings (SSSR count). The van der Waals surface area contributed by atoms with Crippen LogP contribution < -0.4 is 5.32 Å². The molecule has 0 aliphatic carbocycles. The summed E-state index contributed by atoms with van der Waals surface area (Å²) < 4.78 is 11.2. The van der Waals surface area contributed by atoms with Crippen LogP contribution >= 0.6 is 0 Å². The van der Waals surface area contributed by atoms with Gasteiger partial charge in [0.15, 0.2) is 5.82 Å². The van der Waals surface area contributed by atoms with Crippen molar-refractivity contribution in [2.45, 2.75) is 56.2 Å². The zero-order valence-corrected chi connectivity index (χ0v) is 12.6. The van der Waals surface area contributed by atoms with Crippen molar-refractivity contribution in [1.29, 1.82) is 0 Å². The normalized spacial score (nSPS) is 37.0. The average molecular weight is 292 g/mol. The highest BCUT2D eigenvalue weighted by molar-refractivity contribution is 5.05. The summed E-state index contributed by atoms with van der Waals surface area (Å²) in [6, 6.07) is 1.42. The molecule has 2 bridgehead atoms. The van der Waals surface area contributed by atoms with Gasteiger partial charge in [-0.1, -0.05) is 5.16 Å². The van der Waals surface area contributed by atoms with Crippen molar-refractivity contribution < 1.29 is 9.26 Å². The molecule has 0 spiro atoms. The van der Waals surface area contributed by atoms with Crippen molar-refractivity contribution in [1.82, 2.24) is 20.4 Å². The van der Waals surface area contributed by atoms with Crippen LogP contribution in [0.3, 0.4) is 0 Å². The second-order valence-corrected chi connectivity index (χ2v) is 6.67. The number of aromatic nitrogens is 2. The van der Waals surface area contributed by atoms with Gasteiger partial charge in [-0.2, -0.15) is 4.98 Å². The Morgan fingerprint density at radius 2 is 2.10 bits per heavy atom. The maximum atomic E-state index is 5.70. The first kappa shape index (κ1) is 13.7. The van der Waals surface area contributed by atoms with Gasteiger partial charge in [-0.15, -0.1) is 0 Å². The van der Waals surface area contributed by atoms with Gasteiger partial charge in [-0.05, 0) is 32.7 Å². The molecule has 116 valence electrons. The highest BCUT2D eigenvalue weighted by atomic mass is 16.5. The number of morpholine rings is 1. The van der Waals surface area contributed by atoms with E-state index in [1.807, 2.05) is 0 Å². The van der Waals surface area contributed by atoms with Crippen LogP contribution in [0.15, 0.2) is 4.52 Å². The van der Waals surface area contributed by atoms with Gasteiger partial charge in [0.25, 0.3) is 0 Å². The molecule has 6 nitrogen and oxygen atoms in total. The molecule has 3 unspecified atom stereocenters. The first-order chi connectivity index (χ1) is 10.3. The highest BCUT2D eigenvalue weighted by Crippen LogP contribution is 2.41. The molecule has 0 radical (unpaired) electrons. The van der Waals surface area contributed by atoms with Crippen molar-refractivity contribution in [2.24, 2.45) is 0 Å². The molecular weight excluding hydrogens is 268 g/mol. The molecule has 0 amide bonds. The van der Waals surface area contributed by atoms with Gasteiger partial charge >= 0.3 is 0 Å². The van der Waals surface area contributed by atoms with Crippen LogP contribution in [-0.2, 0) is 11.2 Å². The zero-order chi connectivity index (χ0) is 14.2. The van der Waals surface area contributed by atoms with Gasteiger partial charge in [0.2, 0.25) is 5.89 Å². The third-order valence-electron chi connectivity index (χ3n) is 5.35. The van der Waals surface area contributed by atoms with Gasteiger partial charge < -0.3 is 19.5 Å². The van der Waals surface area contributed by atoms with Crippen LogP contribution in [0, 0.1) is 0 Å². The maximum absolute atomic E-state index is 5.70. The number of hydrogen-bond acceptors (Lipinski definition) is 6. The molecule has 0 aromatic carbocycles. The Hall–Kier alpha value is -0.980. The number of nitrogens with one attached hydrogen (secondary N) is 1. The number of nitrogens with zero attached hydrogens (tertiary/aromatic N) is 3. The second-order valence-electron chi connectivity index (χ2n) is 6.67. The molecule has 3 fully saturated rings. The lowest BCUT2D eigenvalue weighted by Gasteiger charge is -2.34. The lowest BCUT2D eigenvalue weighted by molar-refractivity contribution is 0.0246. The topological polar surface area (TPSA) is 63.4 Å². The standard InChI is InChI=1S/C15H24N4O2/c1-19-11-2-3-12(19)7-10(6-11)15-17-14(21-18-15)8-13-9-16-4-5-20-13/h10-13,16H,2-9H2,1H3. The summed E-state index contributed by atoms with van der Waals surface area (Å²) in [5, 5.41) is 7.58. The first-order valence-electron chi connectivity index (χ1n) is 8.16. The Morgan fingerprint density at radius 1 is 1.29 bits per heavy atom. The second kappa shape index (κ2) is 5.66. The van der Waals surface area contributed by atoms with Crippen LogP contribution in [0.25, 0.3) is 0 Å². The molecule has 21 heavy (non-hydrogen) atoms. The van der Waals surface area contributed by atoms with E-state index in [-0.39, 0.29) is 6.10 Å². The molecule has 0 saturated carbocycles. The molecule has 1 aromatic heterocycles. The Labute approximate surface area is 125 Å². The van der Waals surface area contributed by atoms with E-state index in [1.165, 1.54) is 25.7 Å². The van der Waals surface area contributed by atoms with Crippen LogP contribution in [0.2, 0.25) is 0 Å². The Morgan fingerprint density at radius 3 is 2.81 bits per heavy atom. The number of hydrogen-bond donors (Lipinski definition) is 1. The Balaban J connectivity index is 1.40. The summed E-state index contributed by atoms with van der Waals surface area (Å²) in [5.41, 5.74) is 0. The molecule has 6 heteroatoms. The predicted octanol–water partition coefficient (Wildman–Crippen LogP) is 0.941. The van der Waals surface area contributed by atoms with E-state index in [9.17, 15) is 0 Å². The minimum Gasteiger partial charge on any atom is -0.375 e. The molecule has 3 aliphatic rings. The van der Waals surface area contributed by atoms with Crippen molar-refractivity contribution >= 4 is 0 Å². The van der Waals surface area contributed by atoms with Crippen molar-refractivity contribution in [3.05, 3.63) is 11.7 Å². The molecule has 4 heterocycles. The van der Waals surface area contributed by atoms with Crippen molar-refractivity contribution in [3.8, 4) is 0 Å². The molecule has 1 aromatic rings. The third-order valence-corrected chi connectivity index (χ3v) is 5.35. The van der Waals surface area contributed by atoms with Gasteiger partial charge in [0.1, 0.15) is 0 Å². The minimum absolute atomic E-state index is 0.167. The molecule has 3 saturated heterocycles. The number of piperidine rings is 1. The summed E-state index contributed by atoms with van der Waals surface area (Å²) in [7, 11) is 2.26. The van der Waals surface area contributed by atoms with E-state index in [4.69, 9.17) is 9.26 Å². The van der Waals surface area contributed by atoms with E-state index in [0.29, 0.717) is 18.0 Å². The number of rotatable bonds is 3. The van der Waals surface area contributed by atoms with Gasteiger partial charge in [0.05, 0.1) is 19.1 Å². The fourth-order valence-electron chi connectivity index (χ4n) is 4.08. The zero-order valence-electron chi connectivity index (χ0n) is 12.6. The monoisotopic (exact) mass is 292 g/mol. The average Bonchev–Trinajstić information content (AvgIpc) is 3.02. The smallest absolute Gasteiger partial charge is 0.229 e. The Bertz CT molecular complexity index is 472. The lowest BCUT2D eigenvalue weighted by atomic mass is 9.90. The van der Waals surface area contributed by atoms with Crippen LogP contribution in [0.1, 0.15) is 43.3 Å². The van der Waals surface area contributed by atoms with Gasteiger partial charge in [-0.3, -0.25) is 0 Å². The molecule has 1 N–H and O–H groups in total. The van der Waals surface area contributed by atoms with Crippen molar-refractivity contribution in [3.63, 3.8) is 0 Å². The van der Waals surface area contributed by atoms with E-state index >= 15 is 0 Å². The van der Waals surface area contributed by atoms with Gasteiger partial charge in [-0.25, -0.2) is 0 Å². The van der Waals surface area contributed by atoms with Crippen LogP contribution in [0.4, 0.5) is 0 Å². The van der Waals surface area contributed by atoms with Crippen LogP contribution in [-0.4, -0.2) is 60.0 Å². The van der Waals surface area contributed by atoms with E-state index in [2.05, 4.69) is 27.4 Å². The minimum atomic E-state index is 0.167. The van der Waals surface area contributed by atoms with E-state index in [0.717, 1.165) is 37.8 Å². The summed E-state index contributed by atoms with van der Waals surface area (Å²) in [5.74, 6) is 2.12. The molecule has 3 aliphatic heterocycles. The van der Waals surface area contributed by atoms with Gasteiger partial charge in [0, 0.05) is 31.1 Å². The first-order valence-corrected chi connectivity index (χ1v) is 8.16. The maximum Gasteiger partial charge on any atom is 0.229 e. The largest absolute Gasteiger partial charge is 0.375 e. The fourth-order valence-corrected chi connectivity index (χ4v) is 4.08. The summed E-state index contributed by atoms with van der Waals surface area (Å²) in [4.78, 5) is 7.19. The molecular formula is C15H24N4O2. The lowest BCUT2D eigenvalue weighted by Crippen LogP contribution is -2.39. The summed E-state index contributed by atoms with van der Waals surface area (Å²) in [6.45, 7) is 2.57. The number of ether oxygens (including phenoxy) is 1. The highest BCUT2D eigenvalue weighted by Gasteiger charge is 2.40. The Kier molecular flexibility index (Phi) is 3.69. The predicted molar refractivity (Wildman–Crippen MR) is 77.2 cm³/mol. The third kappa shape index (κ3) is 2.72. The van der Waals surface area contributed by atoms with E-state index in [1.54, 1.807) is 0 Å². The molecule has 3 atom stereocenters.